The van der Waals surface area contributed by atoms with Crippen molar-refractivity contribution < 1.29 is 9.72 Å². The summed E-state index contributed by atoms with van der Waals surface area (Å²) in [5.41, 5.74) is 0.872. The Morgan fingerprint density at radius 2 is 2.25 bits per heavy atom. The number of benzene rings is 1. The minimum Gasteiger partial charge on any atom is -0.382 e. The predicted molar refractivity (Wildman–Crippen MR) is 58.5 cm³/mol. The van der Waals surface area contributed by atoms with E-state index in [-0.39, 0.29) is 17.6 Å². The van der Waals surface area contributed by atoms with E-state index in [9.17, 15) is 14.9 Å². The molecule has 0 aliphatic carbocycles. The minimum absolute atomic E-state index is 0.000967. The fraction of sp³-hybridized carbons (Fsp3) is 0.300. The van der Waals surface area contributed by atoms with Gasteiger partial charge in [-0.2, -0.15) is 0 Å². The molecule has 2 N–H and O–H groups in total. The van der Waals surface area contributed by atoms with Crippen LogP contribution < -0.4 is 10.6 Å². The van der Waals surface area contributed by atoms with Gasteiger partial charge in [0.2, 0.25) is 0 Å². The third kappa shape index (κ3) is 1.81. The number of nitrogens with one attached hydrogen (secondary N) is 2. The molecule has 84 valence electrons. The van der Waals surface area contributed by atoms with Gasteiger partial charge in [-0.3, -0.25) is 14.9 Å². The summed E-state index contributed by atoms with van der Waals surface area (Å²) in [6, 6.07) is 4.23. The summed E-state index contributed by atoms with van der Waals surface area (Å²) < 4.78 is 0. The maximum atomic E-state index is 11.7. The third-order valence-corrected chi connectivity index (χ3v) is 2.43. The number of fused-ring (bicyclic) bond motifs is 1. The average Bonchev–Trinajstić information content (AvgIpc) is 2.38. The molecular weight excluding hydrogens is 210 g/mol. The Balaban J connectivity index is 2.45. The smallest absolute Gasteiger partial charge is 0.270 e. The molecule has 1 heterocycles. The van der Waals surface area contributed by atoms with Gasteiger partial charge in [-0.05, 0) is 13.0 Å². The lowest BCUT2D eigenvalue weighted by atomic mass is 10.1. The van der Waals surface area contributed by atoms with Gasteiger partial charge in [0.05, 0.1) is 10.5 Å². The van der Waals surface area contributed by atoms with Crippen LogP contribution in [0.4, 0.5) is 11.4 Å². The number of rotatable bonds is 1. The Hall–Kier alpha value is -2.11. The van der Waals surface area contributed by atoms with Crippen LogP contribution in [0.15, 0.2) is 18.2 Å². The molecule has 1 aliphatic heterocycles. The highest BCUT2D eigenvalue weighted by molar-refractivity contribution is 6.01. The summed E-state index contributed by atoms with van der Waals surface area (Å²) in [4.78, 5) is 21.8. The molecule has 0 saturated carbocycles. The number of carbonyl (C=O) groups is 1. The number of nitro benzene ring substituents is 1. The number of carbonyl (C=O) groups excluding carboxylic acids is 1. The van der Waals surface area contributed by atoms with E-state index in [1.165, 1.54) is 12.1 Å². The molecule has 1 aromatic rings. The monoisotopic (exact) mass is 221 g/mol. The van der Waals surface area contributed by atoms with Crippen molar-refractivity contribution in [3.8, 4) is 0 Å². The molecule has 1 unspecified atom stereocenters. The van der Waals surface area contributed by atoms with Crippen LogP contribution in [0.2, 0.25) is 0 Å². The molecule has 0 aromatic heterocycles. The normalized spacial score (nSPS) is 19.1. The molecule has 2 rings (SSSR count). The van der Waals surface area contributed by atoms with Crippen LogP contribution in [0.1, 0.15) is 17.3 Å². The first kappa shape index (κ1) is 10.4. The van der Waals surface area contributed by atoms with Crippen molar-refractivity contribution in [1.82, 2.24) is 5.32 Å². The van der Waals surface area contributed by atoms with Crippen LogP contribution in [0.25, 0.3) is 0 Å². The Kier molecular flexibility index (Phi) is 2.47. The maximum absolute atomic E-state index is 11.7. The van der Waals surface area contributed by atoms with E-state index >= 15 is 0 Å². The Morgan fingerprint density at radius 1 is 1.50 bits per heavy atom. The van der Waals surface area contributed by atoms with E-state index < -0.39 is 4.92 Å². The number of anilines is 1. The maximum Gasteiger partial charge on any atom is 0.270 e. The Bertz CT molecular complexity index is 459. The second-order valence-electron chi connectivity index (χ2n) is 3.74. The fourth-order valence-electron chi connectivity index (χ4n) is 1.60. The van der Waals surface area contributed by atoms with E-state index in [4.69, 9.17) is 0 Å². The molecule has 16 heavy (non-hydrogen) atoms. The second kappa shape index (κ2) is 3.80. The molecule has 1 aliphatic rings. The number of hydrogen-bond acceptors (Lipinski definition) is 4. The first-order valence-corrected chi connectivity index (χ1v) is 4.91. The zero-order valence-electron chi connectivity index (χ0n) is 8.69. The van der Waals surface area contributed by atoms with Gasteiger partial charge in [-0.1, -0.05) is 0 Å². The number of amides is 1. The number of nitrogens with zero attached hydrogens (tertiary/aromatic N) is 1. The molecule has 6 nitrogen and oxygen atoms in total. The van der Waals surface area contributed by atoms with E-state index in [1.807, 2.05) is 6.92 Å². The van der Waals surface area contributed by atoms with Crippen molar-refractivity contribution >= 4 is 17.3 Å². The lowest BCUT2D eigenvalue weighted by Gasteiger charge is -2.08. The van der Waals surface area contributed by atoms with Crippen molar-refractivity contribution in [2.45, 2.75) is 13.0 Å². The third-order valence-electron chi connectivity index (χ3n) is 2.43. The van der Waals surface area contributed by atoms with E-state index in [0.717, 1.165) is 0 Å². The molecule has 1 atom stereocenters. The quantitative estimate of drug-likeness (QED) is 0.550. The van der Waals surface area contributed by atoms with Crippen LogP contribution in [-0.2, 0) is 0 Å². The first-order chi connectivity index (χ1) is 7.58. The van der Waals surface area contributed by atoms with Crippen molar-refractivity contribution in [3.05, 3.63) is 33.9 Å². The topological polar surface area (TPSA) is 84.3 Å². The summed E-state index contributed by atoms with van der Waals surface area (Å²) in [5, 5.41) is 16.4. The summed E-state index contributed by atoms with van der Waals surface area (Å²) in [7, 11) is 0. The Labute approximate surface area is 91.8 Å². The molecule has 1 aromatic carbocycles. The van der Waals surface area contributed by atoms with Gasteiger partial charge in [-0.15, -0.1) is 0 Å². The first-order valence-electron chi connectivity index (χ1n) is 4.91. The number of nitro groups is 1. The predicted octanol–water partition coefficient (Wildman–Crippen LogP) is 1.14. The zero-order chi connectivity index (χ0) is 11.7. The number of hydrogen-bond donors (Lipinski definition) is 2. The van der Waals surface area contributed by atoms with Crippen molar-refractivity contribution in [2.75, 3.05) is 11.9 Å². The highest BCUT2D eigenvalue weighted by Gasteiger charge is 2.21. The molecule has 0 radical (unpaired) electrons. The van der Waals surface area contributed by atoms with E-state index in [1.54, 1.807) is 6.07 Å². The SMILES string of the molecule is CC1CNc2ccc([N+](=O)[O-])cc2C(=O)N1. The van der Waals surface area contributed by atoms with Gasteiger partial charge < -0.3 is 10.6 Å². The second-order valence-corrected chi connectivity index (χ2v) is 3.74. The molecule has 0 fully saturated rings. The number of non-ortho nitro benzene ring substituents is 1. The molecular formula is C10H11N3O3. The van der Waals surface area contributed by atoms with Crippen molar-refractivity contribution in [2.24, 2.45) is 0 Å². The summed E-state index contributed by atoms with van der Waals surface area (Å²) >= 11 is 0. The van der Waals surface area contributed by atoms with Gasteiger partial charge in [0.1, 0.15) is 0 Å². The van der Waals surface area contributed by atoms with Gasteiger partial charge in [-0.25, -0.2) is 0 Å². The zero-order valence-corrected chi connectivity index (χ0v) is 8.69. The highest BCUT2D eigenvalue weighted by Crippen LogP contribution is 2.23. The van der Waals surface area contributed by atoms with Crippen LogP contribution in [0.5, 0.6) is 0 Å². The van der Waals surface area contributed by atoms with Crippen molar-refractivity contribution in [3.63, 3.8) is 0 Å². The molecule has 1 amide bonds. The van der Waals surface area contributed by atoms with Gasteiger partial charge in [0.25, 0.3) is 11.6 Å². The summed E-state index contributed by atoms with van der Waals surface area (Å²) in [5.74, 6) is -0.281. The van der Waals surface area contributed by atoms with Crippen molar-refractivity contribution in [1.29, 1.82) is 0 Å². The van der Waals surface area contributed by atoms with E-state index in [0.29, 0.717) is 17.8 Å². The summed E-state index contributed by atoms with van der Waals surface area (Å²) in [6.45, 7) is 2.47. The Morgan fingerprint density at radius 3 is 2.94 bits per heavy atom. The van der Waals surface area contributed by atoms with E-state index in [2.05, 4.69) is 10.6 Å². The average molecular weight is 221 g/mol. The molecule has 0 spiro atoms. The largest absolute Gasteiger partial charge is 0.382 e. The highest BCUT2D eigenvalue weighted by atomic mass is 16.6. The lowest BCUT2D eigenvalue weighted by Crippen LogP contribution is -2.34. The standard InChI is InChI=1S/C10H11N3O3/c1-6-5-11-9-3-2-7(13(15)16)4-8(9)10(14)12-6/h2-4,6,11H,5H2,1H3,(H,12,14). The van der Waals surface area contributed by atoms with Crippen LogP contribution >= 0.6 is 0 Å². The minimum atomic E-state index is -0.512. The van der Waals surface area contributed by atoms with Gasteiger partial charge >= 0.3 is 0 Å². The van der Waals surface area contributed by atoms with Gasteiger partial charge in [0.15, 0.2) is 0 Å². The van der Waals surface area contributed by atoms with Crippen LogP contribution in [0, 0.1) is 10.1 Å². The van der Waals surface area contributed by atoms with Gasteiger partial charge in [0, 0.05) is 30.4 Å². The van der Waals surface area contributed by atoms with Crippen LogP contribution in [0.3, 0.4) is 0 Å². The lowest BCUT2D eigenvalue weighted by molar-refractivity contribution is -0.384. The molecule has 6 heteroatoms. The van der Waals surface area contributed by atoms with Crippen LogP contribution in [-0.4, -0.2) is 23.4 Å². The molecule has 0 saturated heterocycles. The fourth-order valence-corrected chi connectivity index (χ4v) is 1.60. The molecule has 0 bridgehead atoms. The summed E-state index contributed by atoms with van der Waals surface area (Å²) in [6.07, 6.45) is 0.